The third kappa shape index (κ3) is 6.44. The summed E-state index contributed by atoms with van der Waals surface area (Å²) in [6.45, 7) is 9.44. The van der Waals surface area contributed by atoms with Crippen LogP contribution >= 0.6 is 0 Å². The molecule has 0 unspecified atom stereocenters. The Bertz CT molecular complexity index is 3290. The number of aromatic nitrogens is 4. The number of hydrogen-bond donors (Lipinski definition) is 0. The van der Waals surface area contributed by atoms with E-state index < -0.39 is 0 Å². The maximum atomic E-state index is 6.07. The summed E-state index contributed by atoms with van der Waals surface area (Å²) in [6.07, 6.45) is 3.85. The Hall–Kier alpha value is -7.84. The van der Waals surface area contributed by atoms with Crippen molar-refractivity contribution < 1.29 is 9.47 Å². The molecule has 310 valence electrons. The molecule has 0 radical (unpaired) electrons. The smallest absolute Gasteiger partial charge is 0.236 e. The van der Waals surface area contributed by atoms with Crippen LogP contribution in [0.3, 0.4) is 0 Å². The second-order valence-corrected chi connectivity index (χ2v) is 18.1. The first kappa shape index (κ1) is 37.9. The van der Waals surface area contributed by atoms with Crippen molar-refractivity contribution in [2.45, 2.75) is 38.9 Å². The van der Waals surface area contributed by atoms with Gasteiger partial charge in [-0.3, -0.25) is 9.97 Å². The van der Waals surface area contributed by atoms with Gasteiger partial charge in [0.2, 0.25) is 11.8 Å². The lowest BCUT2D eigenvalue weighted by Gasteiger charge is -2.16. The minimum Gasteiger partial charge on any atom is -0.468 e. The average molecular weight is 833 g/mol. The van der Waals surface area contributed by atoms with Crippen LogP contribution in [-0.4, -0.2) is 55.2 Å². The zero-order valence-electron chi connectivity index (χ0n) is 36.1. The highest BCUT2D eigenvalue weighted by molar-refractivity contribution is 6.14. The number of aliphatic imine (C=N–C) groups is 2. The monoisotopic (exact) mass is 832 g/mol. The zero-order chi connectivity index (χ0) is 43.2. The van der Waals surface area contributed by atoms with Crippen LogP contribution in [0.2, 0.25) is 0 Å². The van der Waals surface area contributed by atoms with Gasteiger partial charge in [-0.25, -0.2) is 9.98 Å². The lowest BCUT2D eigenvalue weighted by atomic mass is 9.99. The summed E-state index contributed by atoms with van der Waals surface area (Å²) >= 11 is 0. The third-order valence-corrected chi connectivity index (χ3v) is 12.5. The van der Waals surface area contributed by atoms with E-state index >= 15 is 0 Å². The number of hydrogen-bond acceptors (Lipinski definition) is 6. The van der Waals surface area contributed by atoms with Crippen LogP contribution in [0, 0.1) is 0 Å². The minimum absolute atomic E-state index is 0.311. The van der Waals surface area contributed by atoms with E-state index in [0.717, 1.165) is 78.2 Å². The van der Waals surface area contributed by atoms with Crippen molar-refractivity contribution in [1.82, 2.24) is 19.1 Å². The molecule has 0 spiro atoms. The molecule has 6 aromatic carbocycles. The molecule has 0 atom stereocenters. The number of benzene rings is 6. The molecule has 0 fully saturated rings. The zero-order valence-corrected chi connectivity index (χ0v) is 36.1. The Labute approximate surface area is 370 Å². The Kier molecular flexibility index (Phi) is 8.50. The largest absolute Gasteiger partial charge is 0.468 e. The molecular formula is C56H44N6O2. The molecule has 2 aliphatic heterocycles. The SMILES string of the molecule is CC1(C)CN=C(c2ccc(-c3ccc4c(c3)c3cc(-c5ccc6c(c5)c5cc(-c7ccc(C8=NCC(C)(C)O8)nc7)ccc5n6-c5ccccc5)ccc3n4-c3ccccc3)cn2)O1. The Morgan fingerprint density at radius 1 is 0.391 bits per heavy atom. The summed E-state index contributed by atoms with van der Waals surface area (Å²) < 4.78 is 16.9. The standard InChI is InChI=1S/C56H44N6O2/c1-55(2)33-59-53(63-55)47-21-15-39(31-57-47)37-19-25-51-45(29-37)43-27-35(17-23-49(43)61(51)41-11-7-5-8-12-41)36-18-24-50-44(28-36)46-30-38(20-26-52(46)62(50)42-13-9-6-10-14-42)40-16-22-48(58-32-40)54-60-34-56(3,4)64-54/h5-32H,33-34H2,1-4H3. The second kappa shape index (κ2) is 14.4. The van der Waals surface area contributed by atoms with E-state index in [1.165, 1.54) is 21.5 Å². The van der Waals surface area contributed by atoms with Gasteiger partial charge in [-0.1, -0.05) is 72.8 Å². The van der Waals surface area contributed by atoms with Crippen molar-refractivity contribution in [2.24, 2.45) is 9.98 Å². The first-order valence-electron chi connectivity index (χ1n) is 21.8. The predicted octanol–water partition coefficient (Wildman–Crippen LogP) is 12.8. The van der Waals surface area contributed by atoms with Gasteiger partial charge >= 0.3 is 0 Å². The van der Waals surface area contributed by atoms with Crippen molar-refractivity contribution in [1.29, 1.82) is 0 Å². The van der Waals surface area contributed by atoms with Crippen LogP contribution in [0.25, 0.3) is 88.4 Å². The molecule has 12 rings (SSSR count). The van der Waals surface area contributed by atoms with Gasteiger partial charge in [-0.05, 0) is 135 Å². The van der Waals surface area contributed by atoms with E-state index in [1.54, 1.807) is 0 Å². The van der Waals surface area contributed by atoms with Crippen molar-refractivity contribution >= 4 is 55.4 Å². The Morgan fingerprint density at radius 3 is 1.02 bits per heavy atom. The normalized spacial score (nSPS) is 15.4. The van der Waals surface area contributed by atoms with Crippen LogP contribution in [0.5, 0.6) is 0 Å². The Balaban J connectivity index is 0.981. The van der Waals surface area contributed by atoms with E-state index in [1.807, 2.05) is 52.2 Å². The number of para-hydroxylation sites is 2. The highest BCUT2D eigenvalue weighted by Crippen LogP contribution is 2.40. The molecule has 0 N–H and O–H groups in total. The number of rotatable bonds is 7. The van der Waals surface area contributed by atoms with E-state index in [-0.39, 0.29) is 11.2 Å². The van der Waals surface area contributed by atoms with Gasteiger partial charge in [0, 0.05) is 56.4 Å². The number of pyridine rings is 2. The summed E-state index contributed by atoms with van der Waals surface area (Å²) in [6, 6.07) is 56.7. The maximum absolute atomic E-state index is 6.07. The predicted molar refractivity (Wildman–Crippen MR) is 260 cm³/mol. The maximum Gasteiger partial charge on any atom is 0.236 e. The third-order valence-electron chi connectivity index (χ3n) is 12.5. The van der Waals surface area contributed by atoms with Crippen LogP contribution < -0.4 is 0 Å². The summed E-state index contributed by atoms with van der Waals surface area (Å²) in [5.74, 6) is 1.21. The number of nitrogens with zero attached hydrogens (tertiary/aromatic N) is 6. The van der Waals surface area contributed by atoms with Gasteiger partial charge in [0.05, 0.1) is 35.2 Å². The summed E-state index contributed by atoms with van der Waals surface area (Å²) in [7, 11) is 0. The quantitative estimate of drug-likeness (QED) is 0.160. The molecule has 0 aliphatic carbocycles. The molecule has 10 aromatic rings. The highest BCUT2D eigenvalue weighted by Gasteiger charge is 2.30. The van der Waals surface area contributed by atoms with E-state index in [9.17, 15) is 0 Å². The summed E-state index contributed by atoms with van der Waals surface area (Å²) in [4.78, 5) is 18.8. The molecule has 0 saturated carbocycles. The molecule has 8 heteroatoms. The minimum atomic E-state index is -0.311. The van der Waals surface area contributed by atoms with Crippen LogP contribution in [0.15, 0.2) is 180 Å². The van der Waals surface area contributed by atoms with Crippen LogP contribution in [0.4, 0.5) is 0 Å². The van der Waals surface area contributed by atoms with E-state index in [0.29, 0.717) is 24.9 Å². The van der Waals surface area contributed by atoms with E-state index in [4.69, 9.17) is 19.4 Å². The molecule has 6 heterocycles. The van der Waals surface area contributed by atoms with Crippen molar-refractivity contribution in [3.05, 3.63) is 182 Å². The summed E-state index contributed by atoms with van der Waals surface area (Å²) in [5, 5.41) is 4.71. The topological polar surface area (TPSA) is 78.8 Å². The molecule has 0 bridgehead atoms. The molecule has 0 amide bonds. The lowest BCUT2D eigenvalue weighted by molar-refractivity contribution is 0.130. The fourth-order valence-electron chi connectivity index (χ4n) is 9.30. The number of ether oxygens (including phenoxy) is 2. The number of fused-ring (bicyclic) bond motifs is 6. The second-order valence-electron chi connectivity index (χ2n) is 18.1. The lowest BCUT2D eigenvalue weighted by Crippen LogP contribution is -2.24. The fraction of sp³-hybridized carbons (Fsp3) is 0.143. The Morgan fingerprint density at radius 2 is 0.719 bits per heavy atom. The van der Waals surface area contributed by atoms with E-state index in [2.05, 4.69) is 165 Å². The molecule has 64 heavy (non-hydrogen) atoms. The first-order chi connectivity index (χ1) is 31.1. The molecule has 4 aromatic heterocycles. The van der Waals surface area contributed by atoms with Gasteiger partial charge in [-0.2, -0.15) is 0 Å². The van der Waals surface area contributed by atoms with Gasteiger partial charge in [0.1, 0.15) is 22.6 Å². The van der Waals surface area contributed by atoms with Gasteiger partial charge in [-0.15, -0.1) is 0 Å². The average Bonchev–Trinajstić information content (AvgIpc) is 4.08. The van der Waals surface area contributed by atoms with Gasteiger partial charge < -0.3 is 18.6 Å². The first-order valence-corrected chi connectivity index (χ1v) is 21.8. The summed E-state index contributed by atoms with van der Waals surface area (Å²) in [5.41, 5.74) is 14.3. The van der Waals surface area contributed by atoms with Crippen LogP contribution in [0.1, 0.15) is 39.1 Å². The highest BCUT2D eigenvalue weighted by atomic mass is 16.5. The van der Waals surface area contributed by atoms with Crippen molar-refractivity contribution in [3.63, 3.8) is 0 Å². The van der Waals surface area contributed by atoms with Crippen molar-refractivity contribution in [3.8, 4) is 44.8 Å². The van der Waals surface area contributed by atoms with Gasteiger partial charge in [0.25, 0.3) is 0 Å². The molecule has 2 aliphatic rings. The van der Waals surface area contributed by atoms with Crippen LogP contribution in [-0.2, 0) is 9.47 Å². The van der Waals surface area contributed by atoms with Gasteiger partial charge in [0.15, 0.2) is 0 Å². The van der Waals surface area contributed by atoms with Crippen molar-refractivity contribution in [2.75, 3.05) is 13.1 Å². The molecular weight excluding hydrogens is 789 g/mol. The molecule has 8 nitrogen and oxygen atoms in total. The molecule has 0 saturated heterocycles. The fourth-order valence-corrected chi connectivity index (χ4v) is 9.30.